The number of carbonyl (C=O) groups is 1. The third-order valence-corrected chi connectivity index (χ3v) is 5.20. The van der Waals surface area contributed by atoms with Crippen molar-refractivity contribution >= 4 is 34.8 Å². The first-order valence-electron chi connectivity index (χ1n) is 8.04. The fraction of sp³-hybridized carbons (Fsp3) is 0.316. The van der Waals surface area contributed by atoms with Gasteiger partial charge in [-0.2, -0.15) is 0 Å². The molecule has 0 spiro atoms. The number of carbonyl (C=O) groups excluding carboxylic acids is 1. The molecule has 1 atom stereocenters. The van der Waals surface area contributed by atoms with Gasteiger partial charge in [-0.3, -0.25) is 9.69 Å². The van der Waals surface area contributed by atoms with Crippen LogP contribution in [0.25, 0.3) is 0 Å². The highest BCUT2D eigenvalue weighted by molar-refractivity contribution is 6.62. The van der Waals surface area contributed by atoms with Gasteiger partial charge in [0.2, 0.25) is 10.1 Å². The Balaban J connectivity index is 2.07. The molecule has 3 rings (SSSR count). The summed E-state index contributed by atoms with van der Waals surface area (Å²) in [4.78, 5) is 14.2. The number of benzene rings is 2. The minimum absolute atomic E-state index is 0.426. The number of hydrogen-bond acceptors (Lipinski definition) is 5. The van der Waals surface area contributed by atoms with Crippen LogP contribution in [0.2, 0.25) is 0 Å². The van der Waals surface area contributed by atoms with E-state index in [1.54, 1.807) is 31.4 Å². The molecule has 2 aromatic rings. The van der Waals surface area contributed by atoms with Crippen molar-refractivity contribution in [1.29, 1.82) is 0 Å². The number of hydrogen-bond donors (Lipinski definition) is 0. The highest BCUT2D eigenvalue weighted by Gasteiger charge is 2.60. The van der Waals surface area contributed by atoms with E-state index in [4.69, 9.17) is 42.1 Å². The summed E-state index contributed by atoms with van der Waals surface area (Å²) in [5, 5.41) is 0. The summed E-state index contributed by atoms with van der Waals surface area (Å²) in [6.07, 6.45) is 0. The van der Waals surface area contributed by atoms with Crippen LogP contribution in [-0.2, 0) is 4.79 Å². The molecule has 2 aromatic carbocycles. The van der Waals surface area contributed by atoms with Crippen molar-refractivity contribution in [2.45, 2.75) is 10.4 Å². The van der Waals surface area contributed by atoms with E-state index in [0.29, 0.717) is 28.7 Å². The monoisotopic (exact) mass is 411 g/mol. The first kappa shape index (κ1) is 19.5. The summed E-state index contributed by atoms with van der Waals surface area (Å²) in [5.74, 6) is 1.55. The Bertz CT molecular complexity index is 829. The molecule has 1 aliphatic rings. The Morgan fingerprint density at radius 1 is 0.889 bits per heavy atom. The maximum absolute atomic E-state index is 12.7. The Kier molecular flexibility index (Phi) is 5.31. The van der Waals surface area contributed by atoms with Crippen molar-refractivity contribution in [3.05, 3.63) is 42.0 Å². The summed E-state index contributed by atoms with van der Waals surface area (Å²) >= 11 is 12.7. The van der Waals surface area contributed by atoms with Gasteiger partial charge < -0.3 is 18.9 Å². The maximum atomic E-state index is 12.7. The smallest absolute Gasteiger partial charge is 0.266 e. The maximum Gasteiger partial charge on any atom is 0.266 e. The standard InChI is InChI=1S/C19H19Cl2NO5/c1-24-13-7-5-11(6-8-13)17-19(20,21)18(23)22(17)12-9-14(25-2)16(27-4)15(10-12)26-3/h5-10,17H,1-4H3. The predicted molar refractivity (Wildman–Crippen MR) is 104 cm³/mol. The van der Waals surface area contributed by atoms with Crippen molar-refractivity contribution < 1.29 is 23.7 Å². The second-order valence-electron chi connectivity index (χ2n) is 5.86. The molecular weight excluding hydrogens is 393 g/mol. The van der Waals surface area contributed by atoms with Gasteiger partial charge in [0, 0.05) is 12.1 Å². The van der Waals surface area contributed by atoms with Crippen LogP contribution in [0.5, 0.6) is 23.0 Å². The van der Waals surface area contributed by atoms with E-state index >= 15 is 0 Å². The number of rotatable bonds is 6. The molecule has 0 aliphatic carbocycles. The zero-order valence-electron chi connectivity index (χ0n) is 15.3. The first-order valence-corrected chi connectivity index (χ1v) is 8.80. The number of methoxy groups -OCH3 is 4. The average molecular weight is 412 g/mol. The van der Waals surface area contributed by atoms with Crippen LogP contribution >= 0.6 is 23.2 Å². The summed E-state index contributed by atoms with van der Waals surface area (Å²) in [6, 6.07) is 9.99. The Morgan fingerprint density at radius 2 is 1.44 bits per heavy atom. The van der Waals surface area contributed by atoms with Gasteiger partial charge in [0.15, 0.2) is 11.5 Å². The number of ether oxygens (including phenoxy) is 4. The molecule has 1 heterocycles. The van der Waals surface area contributed by atoms with Crippen LogP contribution in [0.4, 0.5) is 5.69 Å². The zero-order chi connectivity index (χ0) is 19.8. The molecule has 1 amide bonds. The molecule has 1 unspecified atom stereocenters. The molecule has 6 nitrogen and oxygen atoms in total. The van der Waals surface area contributed by atoms with E-state index in [9.17, 15) is 4.79 Å². The molecule has 1 fully saturated rings. The van der Waals surface area contributed by atoms with Crippen LogP contribution in [-0.4, -0.2) is 38.7 Å². The van der Waals surface area contributed by atoms with Crippen molar-refractivity contribution in [3.8, 4) is 23.0 Å². The van der Waals surface area contributed by atoms with Crippen molar-refractivity contribution in [2.75, 3.05) is 33.3 Å². The molecule has 0 bridgehead atoms. The van der Waals surface area contributed by atoms with Gasteiger partial charge in [-0.1, -0.05) is 35.3 Å². The number of nitrogens with zero attached hydrogens (tertiary/aromatic N) is 1. The summed E-state index contributed by atoms with van der Waals surface area (Å²) in [7, 11) is 6.11. The molecule has 1 aliphatic heterocycles. The summed E-state index contributed by atoms with van der Waals surface area (Å²) in [5.41, 5.74) is 1.31. The number of β-lactam (4-membered cyclic amide) rings is 1. The van der Waals surface area contributed by atoms with Gasteiger partial charge in [-0.05, 0) is 17.7 Å². The molecule has 0 aromatic heterocycles. The minimum atomic E-state index is -1.57. The fourth-order valence-electron chi connectivity index (χ4n) is 3.11. The van der Waals surface area contributed by atoms with Crippen molar-refractivity contribution in [1.82, 2.24) is 0 Å². The minimum Gasteiger partial charge on any atom is -0.497 e. The highest BCUT2D eigenvalue weighted by Crippen LogP contribution is 2.54. The summed E-state index contributed by atoms with van der Waals surface area (Å²) in [6.45, 7) is 0. The summed E-state index contributed by atoms with van der Waals surface area (Å²) < 4.78 is 19.7. The number of halogens is 2. The molecule has 144 valence electrons. The highest BCUT2D eigenvalue weighted by atomic mass is 35.5. The van der Waals surface area contributed by atoms with Gasteiger partial charge in [0.1, 0.15) is 11.8 Å². The normalized spacial score (nSPS) is 17.9. The topological polar surface area (TPSA) is 57.2 Å². The van der Waals surface area contributed by atoms with E-state index in [1.165, 1.54) is 26.2 Å². The second kappa shape index (κ2) is 7.37. The van der Waals surface area contributed by atoms with E-state index in [2.05, 4.69) is 0 Å². The lowest BCUT2D eigenvalue weighted by atomic mass is 9.91. The molecule has 0 N–H and O–H groups in total. The SMILES string of the molecule is COc1ccc(C2N(c3cc(OC)c(OC)c(OC)c3)C(=O)C2(Cl)Cl)cc1. The average Bonchev–Trinajstić information content (AvgIpc) is 2.70. The molecular formula is C19H19Cl2NO5. The molecule has 27 heavy (non-hydrogen) atoms. The van der Waals surface area contributed by atoms with Crippen molar-refractivity contribution in [3.63, 3.8) is 0 Å². The van der Waals surface area contributed by atoms with E-state index in [0.717, 1.165) is 5.56 Å². The number of alkyl halides is 2. The largest absolute Gasteiger partial charge is 0.497 e. The van der Waals surface area contributed by atoms with Gasteiger partial charge >= 0.3 is 0 Å². The molecule has 0 radical (unpaired) electrons. The lowest BCUT2D eigenvalue weighted by Crippen LogP contribution is -2.62. The zero-order valence-corrected chi connectivity index (χ0v) is 16.8. The lowest BCUT2D eigenvalue weighted by molar-refractivity contribution is -0.125. The van der Waals surface area contributed by atoms with Gasteiger partial charge in [-0.15, -0.1) is 0 Å². The third kappa shape index (κ3) is 3.13. The van der Waals surface area contributed by atoms with Crippen molar-refractivity contribution in [2.24, 2.45) is 0 Å². The quantitative estimate of drug-likeness (QED) is 0.531. The first-order chi connectivity index (χ1) is 12.9. The Labute approximate surface area is 167 Å². The van der Waals surface area contributed by atoms with Gasteiger partial charge in [0.05, 0.1) is 34.1 Å². The lowest BCUT2D eigenvalue weighted by Gasteiger charge is -2.49. The van der Waals surface area contributed by atoms with E-state index in [1.807, 2.05) is 12.1 Å². The third-order valence-electron chi connectivity index (χ3n) is 4.46. The Hall–Kier alpha value is -2.31. The predicted octanol–water partition coefficient (Wildman–Crippen LogP) is 3.98. The molecule has 1 saturated heterocycles. The number of anilines is 1. The second-order valence-corrected chi connectivity index (χ2v) is 7.24. The van der Waals surface area contributed by atoms with Gasteiger partial charge in [0.25, 0.3) is 5.91 Å². The fourth-order valence-corrected chi connectivity index (χ4v) is 3.74. The number of amides is 1. The molecule has 0 saturated carbocycles. The van der Waals surface area contributed by atoms with E-state index < -0.39 is 16.3 Å². The van der Waals surface area contributed by atoms with Gasteiger partial charge in [-0.25, -0.2) is 0 Å². The van der Waals surface area contributed by atoms with Crippen LogP contribution in [0.3, 0.4) is 0 Å². The molecule has 8 heteroatoms. The van der Waals surface area contributed by atoms with Crippen LogP contribution in [0.1, 0.15) is 11.6 Å². The van der Waals surface area contributed by atoms with Crippen LogP contribution in [0.15, 0.2) is 36.4 Å². The van der Waals surface area contributed by atoms with Crippen LogP contribution in [0, 0.1) is 0 Å². The van der Waals surface area contributed by atoms with Crippen LogP contribution < -0.4 is 23.8 Å². The Morgan fingerprint density at radius 3 is 1.89 bits per heavy atom. The van der Waals surface area contributed by atoms with E-state index in [-0.39, 0.29) is 0 Å².